The molecule has 116 valence electrons. The fraction of sp³-hybridized carbons (Fsp3) is 0. The smallest absolute Gasteiger partial charge is 0.0523 e. The van der Waals surface area contributed by atoms with Gasteiger partial charge in [0.1, 0.15) is 0 Å². The lowest BCUT2D eigenvalue weighted by Crippen LogP contribution is -1.88. The van der Waals surface area contributed by atoms with Crippen LogP contribution in [-0.4, -0.2) is 4.98 Å². The van der Waals surface area contributed by atoms with E-state index in [9.17, 15) is 0 Å². The quantitative estimate of drug-likeness (QED) is 0.464. The Morgan fingerprint density at radius 2 is 1.50 bits per heavy atom. The molecule has 0 unspecified atom stereocenters. The van der Waals surface area contributed by atoms with Gasteiger partial charge in [-0.25, -0.2) is 0 Å². The van der Waals surface area contributed by atoms with Crippen molar-refractivity contribution in [1.82, 2.24) is 4.98 Å². The Labute approximate surface area is 145 Å². The normalized spacial score (nSPS) is 10.7. The molecule has 0 radical (unpaired) electrons. The van der Waals surface area contributed by atoms with Crippen LogP contribution < -0.4 is 4.72 Å². The van der Waals surface area contributed by atoms with Crippen LogP contribution in [0.3, 0.4) is 0 Å². The molecule has 0 atom stereocenters. The lowest BCUT2D eigenvalue weighted by molar-refractivity contribution is 1.36. The van der Waals surface area contributed by atoms with Gasteiger partial charge in [0.05, 0.1) is 5.69 Å². The highest BCUT2D eigenvalue weighted by molar-refractivity contribution is 8.00. The number of fused-ring (bicyclic) bond motifs is 1. The van der Waals surface area contributed by atoms with Crippen molar-refractivity contribution in [3.8, 4) is 11.1 Å². The highest BCUT2D eigenvalue weighted by Gasteiger charge is 2.02. The van der Waals surface area contributed by atoms with Crippen LogP contribution in [0.1, 0.15) is 0 Å². The lowest BCUT2D eigenvalue weighted by atomic mass is 10.1. The predicted molar refractivity (Wildman–Crippen MR) is 103 cm³/mol. The number of nitrogens with one attached hydrogen (secondary N) is 1. The first-order chi connectivity index (χ1) is 11.9. The molecule has 0 saturated heterocycles. The third-order valence-electron chi connectivity index (χ3n) is 3.92. The molecule has 0 aliphatic rings. The number of nitrogens with zero attached hydrogens (tertiary/aromatic N) is 1. The molecule has 0 saturated carbocycles. The molecule has 0 spiro atoms. The maximum atomic E-state index is 4.18. The summed E-state index contributed by atoms with van der Waals surface area (Å²) in [5, 5.41) is 2.32. The van der Waals surface area contributed by atoms with Gasteiger partial charge in [-0.15, -0.1) is 0 Å². The molecular weight excluding hydrogens is 312 g/mol. The third-order valence-corrected chi connectivity index (χ3v) is 4.75. The highest BCUT2D eigenvalue weighted by Crippen LogP contribution is 2.29. The van der Waals surface area contributed by atoms with Crippen molar-refractivity contribution in [2.45, 2.75) is 4.90 Å². The molecule has 0 aliphatic carbocycles. The van der Waals surface area contributed by atoms with Gasteiger partial charge in [0.15, 0.2) is 0 Å². The Hall–Kier alpha value is -2.78. The Morgan fingerprint density at radius 1 is 0.708 bits per heavy atom. The van der Waals surface area contributed by atoms with E-state index in [0.717, 1.165) is 11.1 Å². The molecule has 4 rings (SSSR count). The van der Waals surface area contributed by atoms with Crippen LogP contribution in [0.2, 0.25) is 0 Å². The minimum atomic E-state index is 1.10. The van der Waals surface area contributed by atoms with E-state index < -0.39 is 0 Å². The summed E-state index contributed by atoms with van der Waals surface area (Å²) in [6, 6.07) is 27.3. The topological polar surface area (TPSA) is 24.9 Å². The fourth-order valence-corrected chi connectivity index (χ4v) is 3.35. The average Bonchev–Trinajstić information content (AvgIpc) is 2.67. The van der Waals surface area contributed by atoms with Crippen LogP contribution in [-0.2, 0) is 0 Å². The Kier molecular flexibility index (Phi) is 4.17. The molecule has 4 aromatic rings. The van der Waals surface area contributed by atoms with Crippen molar-refractivity contribution < 1.29 is 0 Å². The van der Waals surface area contributed by atoms with Gasteiger partial charge in [0, 0.05) is 28.1 Å². The molecule has 3 heteroatoms. The van der Waals surface area contributed by atoms with E-state index in [1.807, 2.05) is 30.6 Å². The van der Waals surface area contributed by atoms with Gasteiger partial charge >= 0.3 is 0 Å². The van der Waals surface area contributed by atoms with Crippen LogP contribution >= 0.6 is 11.9 Å². The van der Waals surface area contributed by atoms with Crippen molar-refractivity contribution in [3.63, 3.8) is 0 Å². The first kappa shape index (κ1) is 14.8. The molecule has 1 N–H and O–H groups in total. The monoisotopic (exact) mass is 328 g/mol. The number of anilines is 1. The number of aromatic nitrogens is 1. The molecule has 2 nitrogen and oxygen atoms in total. The molecular formula is C21H16N2S. The molecule has 0 amide bonds. The van der Waals surface area contributed by atoms with Crippen LogP contribution in [0.5, 0.6) is 0 Å². The average molecular weight is 328 g/mol. The standard InChI is InChI=1S/C21H16N2S/c1-2-5-16(6-3-1)17-9-11-19(12-10-17)24-23-21-8-4-7-18-15-22-14-13-20(18)21/h1-15,23H. The van der Waals surface area contributed by atoms with Crippen molar-refractivity contribution in [3.05, 3.63) is 91.3 Å². The zero-order valence-corrected chi connectivity index (χ0v) is 13.8. The van der Waals surface area contributed by atoms with Gasteiger partial charge < -0.3 is 4.72 Å². The molecule has 24 heavy (non-hydrogen) atoms. The van der Waals surface area contributed by atoms with Gasteiger partial charge in [-0.1, -0.05) is 54.6 Å². The van der Waals surface area contributed by atoms with Crippen molar-refractivity contribution >= 4 is 28.4 Å². The summed E-state index contributed by atoms with van der Waals surface area (Å²) in [5.74, 6) is 0. The third kappa shape index (κ3) is 3.12. The second-order valence-corrected chi connectivity index (χ2v) is 6.38. The molecule has 0 bridgehead atoms. The van der Waals surface area contributed by atoms with Gasteiger partial charge in [0.2, 0.25) is 0 Å². The molecule has 0 aliphatic heterocycles. The fourth-order valence-electron chi connectivity index (χ4n) is 2.67. The number of hydrogen-bond acceptors (Lipinski definition) is 3. The summed E-state index contributed by atoms with van der Waals surface area (Å²) in [6.07, 6.45) is 3.71. The number of hydrogen-bond donors (Lipinski definition) is 1. The van der Waals surface area contributed by atoms with Gasteiger partial charge in [0.25, 0.3) is 0 Å². The Balaban J connectivity index is 1.52. The minimum absolute atomic E-state index is 1.10. The summed E-state index contributed by atoms with van der Waals surface area (Å²) in [7, 11) is 0. The van der Waals surface area contributed by atoms with Gasteiger partial charge in [-0.05, 0) is 47.3 Å². The Morgan fingerprint density at radius 3 is 2.33 bits per heavy atom. The van der Waals surface area contributed by atoms with Crippen LogP contribution in [0, 0.1) is 0 Å². The molecule has 3 aromatic carbocycles. The second-order valence-electron chi connectivity index (χ2n) is 5.50. The SMILES string of the molecule is c1ccc(-c2ccc(SNc3cccc4cnccc34)cc2)cc1. The maximum Gasteiger partial charge on any atom is 0.0523 e. The van der Waals surface area contributed by atoms with E-state index in [1.54, 1.807) is 11.9 Å². The Bertz CT molecular complexity index is 945. The first-order valence-electron chi connectivity index (χ1n) is 7.81. The van der Waals surface area contributed by atoms with Crippen molar-refractivity contribution in [2.24, 2.45) is 0 Å². The summed E-state index contributed by atoms with van der Waals surface area (Å²) >= 11 is 1.62. The summed E-state index contributed by atoms with van der Waals surface area (Å²) in [6.45, 7) is 0. The summed E-state index contributed by atoms with van der Waals surface area (Å²) in [5.41, 5.74) is 3.58. The van der Waals surface area contributed by atoms with E-state index in [0.29, 0.717) is 0 Å². The maximum absolute atomic E-state index is 4.18. The summed E-state index contributed by atoms with van der Waals surface area (Å²) < 4.78 is 3.45. The second kappa shape index (κ2) is 6.77. The van der Waals surface area contributed by atoms with E-state index in [-0.39, 0.29) is 0 Å². The number of benzene rings is 3. The molecule has 0 fully saturated rings. The van der Waals surface area contributed by atoms with Crippen molar-refractivity contribution in [2.75, 3.05) is 4.72 Å². The zero-order valence-electron chi connectivity index (χ0n) is 13.0. The molecule has 1 heterocycles. The van der Waals surface area contributed by atoms with E-state index in [2.05, 4.69) is 70.4 Å². The first-order valence-corrected chi connectivity index (χ1v) is 8.63. The highest BCUT2D eigenvalue weighted by atomic mass is 32.2. The summed E-state index contributed by atoms with van der Waals surface area (Å²) in [4.78, 5) is 5.36. The lowest BCUT2D eigenvalue weighted by Gasteiger charge is -2.09. The van der Waals surface area contributed by atoms with Crippen molar-refractivity contribution in [1.29, 1.82) is 0 Å². The predicted octanol–water partition coefficient (Wildman–Crippen LogP) is 6.02. The van der Waals surface area contributed by atoms with E-state index in [4.69, 9.17) is 0 Å². The number of pyridine rings is 1. The van der Waals surface area contributed by atoms with Crippen LogP contribution in [0.25, 0.3) is 21.9 Å². The van der Waals surface area contributed by atoms with Gasteiger partial charge in [-0.2, -0.15) is 0 Å². The number of rotatable bonds is 4. The van der Waals surface area contributed by atoms with E-state index >= 15 is 0 Å². The van der Waals surface area contributed by atoms with Crippen LogP contribution in [0.4, 0.5) is 5.69 Å². The van der Waals surface area contributed by atoms with Gasteiger partial charge in [-0.3, -0.25) is 4.98 Å². The largest absolute Gasteiger partial charge is 0.325 e. The van der Waals surface area contributed by atoms with E-state index in [1.165, 1.54) is 21.4 Å². The van der Waals surface area contributed by atoms with Crippen LogP contribution in [0.15, 0.2) is 96.2 Å². The molecule has 1 aromatic heterocycles. The minimum Gasteiger partial charge on any atom is -0.325 e. The zero-order chi connectivity index (χ0) is 16.2.